The minimum atomic E-state index is -0.830. The third-order valence-electron chi connectivity index (χ3n) is 2.79. The van der Waals surface area contributed by atoms with Crippen LogP contribution >= 0.6 is 15.9 Å². The van der Waals surface area contributed by atoms with Gasteiger partial charge in [0.15, 0.2) is 0 Å². The van der Waals surface area contributed by atoms with Crippen molar-refractivity contribution in [1.82, 2.24) is 5.43 Å². The Bertz CT molecular complexity index is 712. The smallest absolute Gasteiger partial charge is 0.318 e. The molecule has 0 saturated heterocycles. The first-order valence-corrected chi connectivity index (χ1v) is 7.31. The minimum absolute atomic E-state index is 0.556. The largest absolute Gasteiger partial charge is 0.329 e. The molecule has 2 rings (SSSR count). The molecule has 2 aromatic rings. The summed E-state index contributed by atoms with van der Waals surface area (Å²) in [6.07, 6.45) is 1.46. The molecule has 0 aliphatic rings. The summed E-state index contributed by atoms with van der Waals surface area (Å²) in [5.41, 5.74) is 4.61. The van der Waals surface area contributed by atoms with Crippen molar-refractivity contribution in [2.45, 2.75) is 6.92 Å². The number of amides is 2. The lowest BCUT2D eigenvalue weighted by molar-refractivity contribution is -0.136. The Hall–Kier alpha value is -2.47. The number of hydrazone groups is 1. The second-order valence-corrected chi connectivity index (χ2v) is 5.40. The van der Waals surface area contributed by atoms with Crippen LogP contribution in [-0.2, 0) is 9.59 Å². The molecule has 2 amide bonds. The van der Waals surface area contributed by atoms with E-state index in [0.717, 1.165) is 15.6 Å². The van der Waals surface area contributed by atoms with Gasteiger partial charge in [-0.15, -0.1) is 0 Å². The third-order valence-corrected chi connectivity index (χ3v) is 3.51. The van der Waals surface area contributed by atoms with Crippen molar-refractivity contribution in [3.05, 3.63) is 64.1 Å². The van der Waals surface area contributed by atoms with E-state index in [1.807, 2.05) is 43.3 Å². The predicted octanol–water partition coefficient (Wildman–Crippen LogP) is 2.85. The zero-order valence-corrected chi connectivity index (χ0v) is 13.4. The second kappa shape index (κ2) is 7.51. The molecule has 22 heavy (non-hydrogen) atoms. The van der Waals surface area contributed by atoms with Crippen LogP contribution in [0.3, 0.4) is 0 Å². The number of halogens is 1. The topological polar surface area (TPSA) is 70.6 Å². The van der Waals surface area contributed by atoms with Gasteiger partial charge in [-0.25, -0.2) is 5.43 Å². The summed E-state index contributed by atoms with van der Waals surface area (Å²) in [5, 5.41) is 6.26. The van der Waals surface area contributed by atoms with E-state index in [1.165, 1.54) is 6.21 Å². The number of hydrogen-bond donors (Lipinski definition) is 2. The Balaban J connectivity index is 1.90. The molecular weight excluding hydrogens is 346 g/mol. The molecule has 0 aliphatic carbocycles. The molecule has 0 atom stereocenters. The van der Waals surface area contributed by atoms with Crippen LogP contribution in [0.2, 0.25) is 0 Å². The number of aryl methyl sites for hydroxylation is 1. The van der Waals surface area contributed by atoms with Crippen molar-refractivity contribution in [2.75, 3.05) is 5.32 Å². The van der Waals surface area contributed by atoms with Crippen LogP contribution in [0.4, 0.5) is 5.69 Å². The maximum Gasteiger partial charge on any atom is 0.329 e. The number of nitrogens with zero attached hydrogens (tertiary/aromatic N) is 1. The molecule has 0 bridgehead atoms. The molecule has 0 fully saturated rings. The molecule has 0 radical (unpaired) electrons. The molecule has 0 saturated carbocycles. The fourth-order valence-electron chi connectivity index (χ4n) is 1.62. The van der Waals surface area contributed by atoms with E-state index in [-0.39, 0.29) is 0 Å². The molecule has 0 unspecified atom stereocenters. The van der Waals surface area contributed by atoms with Gasteiger partial charge < -0.3 is 5.32 Å². The quantitative estimate of drug-likeness (QED) is 0.502. The highest BCUT2D eigenvalue weighted by atomic mass is 79.9. The van der Waals surface area contributed by atoms with E-state index in [9.17, 15) is 9.59 Å². The third kappa shape index (κ3) is 4.53. The summed E-state index contributed by atoms with van der Waals surface area (Å²) in [5.74, 6) is -1.60. The molecule has 6 heteroatoms. The van der Waals surface area contributed by atoms with Crippen LogP contribution in [-0.4, -0.2) is 18.0 Å². The van der Waals surface area contributed by atoms with Crippen molar-refractivity contribution >= 4 is 39.6 Å². The van der Waals surface area contributed by atoms with Crippen LogP contribution < -0.4 is 10.7 Å². The second-order valence-electron chi connectivity index (χ2n) is 4.54. The van der Waals surface area contributed by atoms with Gasteiger partial charge in [0.05, 0.1) is 6.21 Å². The highest BCUT2D eigenvalue weighted by Crippen LogP contribution is 2.13. The number of carbonyl (C=O) groups is 2. The standard InChI is InChI=1S/C16H14BrN3O2/c1-11-6-8-13(9-7-11)19-15(21)16(22)20-18-10-12-4-2-3-5-14(12)17/h2-10H,1H3,(H,19,21)(H,20,22)/b18-10+. The van der Waals surface area contributed by atoms with Gasteiger partial charge in [-0.05, 0) is 25.1 Å². The van der Waals surface area contributed by atoms with E-state index in [0.29, 0.717) is 5.69 Å². The van der Waals surface area contributed by atoms with Gasteiger partial charge in [-0.1, -0.05) is 51.8 Å². The van der Waals surface area contributed by atoms with Gasteiger partial charge in [0.25, 0.3) is 0 Å². The van der Waals surface area contributed by atoms with Crippen LogP contribution in [0.5, 0.6) is 0 Å². The summed E-state index contributed by atoms with van der Waals surface area (Å²) in [4.78, 5) is 23.3. The minimum Gasteiger partial charge on any atom is -0.318 e. The van der Waals surface area contributed by atoms with E-state index in [4.69, 9.17) is 0 Å². The van der Waals surface area contributed by atoms with Crippen LogP contribution in [0.1, 0.15) is 11.1 Å². The van der Waals surface area contributed by atoms with Crippen molar-refractivity contribution in [1.29, 1.82) is 0 Å². The van der Waals surface area contributed by atoms with Gasteiger partial charge in [-0.3, -0.25) is 9.59 Å². The molecule has 5 nitrogen and oxygen atoms in total. The summed E-state index contributed by atoms with van der Waals surface area (Å²) in [6.45, 7) is 1.94. The Labute approximate surface area is 136 Å². The van der Waals surface area contributed by atoms with Gasteiger partial charge >= 0.3 is 11.8 Å². The van der Waals surface area contributed by atoms with Crippen molar-refractivity contribution in [3.8, 4) is 0 Å². The molecule has 0 aromatic heterocycles. The summed E-state index contributed by atoms with van der Waals surface area (Å²) in [7, 11) is 0. The Kier molecular flexibility index (Phi) is 5.43. The average Bonchev–Trinajstić information content (AvgIpc) is 2.51. The maximum atomic E-state index is 11.7. The average molecular weight is 360 g/mol. The first-order chi connectivity index (χ1) is 10.6. The van der Waals surface area contributed by atoms with E-state index < -0.39 is 11.8 Å². The number of nitrogens with one attached hydrogen (secondary N) is 2. The molecule has 0 aliphatic heterocycles. The summed E-state index contributed by atoms with van der Waals surface area (Å²) >= 11 is 3.36. The zero-order valence-electron chi connectivity index (χ0n) is 11.8. The van der Waals surface area contributed by atoms with E-state index >= 15 is 0 Å². The van der Waals surface area contributed by atoms with Gasteiger partial charge in [0.2, 0.25) is 0 Å². The fraction of sp³-hybridized carbons (Fsp3) is 0.0625. The molecule has 112 valence electrons. The lowest BCUT2D eigenvalue weighted by Crippen LogP contribution is -2.32. The maximum absolute atomic E-state index is 11.7. The first-order valence-electron chi connectivity index (χ1n) is 6.52. The fourth-order valence-corrected chi connectivity index (χ4v) is 2.00. The van der Waals surface area contributed by atoms with Gasteiger partial charge in [0.1, 0.15) is 0 Å². The first kappa shape index (κ1) is 15.9. The number of benzene rings is 2. The van der Waals surface area contributed by atoms with Crippen LogP contribution in [0.25, 0.3) is 0 Å². The molecule has 0 spiro atoms. The van der Waals surface area contributed by atoms with Crippen molar-refractivity contribution in [2.24, 2.45) is 5.10 Å². The Morgan fingerprint density at radius 2 is 1.73 bits per heavy atom. The molecule has 2 N–H and O–H groups in total. The highest BCUT2D eigenvalue weighted by Gasteiger charge is 2.12. The van der Waals surface area contributed by atoms with Gasteiger partial charge in [-0.2, -0.15) is 5.10 Å². The van der Waals surface area contributed by atoms with Crippen molar-refractivity contribution < 1.29 is 9.59 Å². The highest BCUT2D eigenvalue weighted by molar-refractivity contribution is 9.10. The SMILES string of the molecule is Cc1ccc(NC(=O)C(=O)N/N=C/c2ccccc2Br)cc1. The summed E-state index contributed by atoms with van der Waals surface area (Å²) in [6, 6.07) is 14.5. The van der Waals surface area contributed by atoms with Crippen LogP contribution in [0.15, 0.2) is 58.1 Å². The number of anilines is 1. The Morgan fingerprint density at radius 3 is 2.41 bits per heavy atom. The normalized spacial score (nSPS) is 10.5. The molecular formula is C16H14BrN3O2. The molecule has 2 aromatic carbocycles. The van der Waals surface area contributed by atoms with Crippen molar-refractivity contribution in [3.63, 3.8) is 0 Å². The number of carbonyl (C=O) groups excluding carboxylic acids is 2. The van der Waals surface area contributed by atoms with Gasteiger partial charge in [0, 0.05) is 15.7 Å². The lowest BCUT2D eigenvalue weighted by atomic mass is 10.2. The van der Waals surface area contributed by atoms with E-state index in [2.05, 4.69) is 31.8 Å². The number of hydrogen-bond acceptors (Lipinski definition) is 3. The van der Waals surface area contributed by atoms with Crippen LogP contribution in [0, 0.1) is 6.92 Å². The molecule has 0 heterocycles. The van der Waals surface area contributed by atoms with E-state index in [1.54, 1.807) is 12.1 Å². The predicted molar refractivity (Wildman–Crippen MR) is 89.7 cm³/mol. The zero-order chi connectivity index (χ0) is 15.9. The summed E-state index contributed by atoms with van der Waals surface area (Å²) < 4.78 is 0.845. The monoisotopic (exact) mass is 359 g/mol. The number of rotatable bonds is 3. The Morgan fingerprint density at radius 1 is 1.05 bits per heavy atom. The lowest BCUT2D eigenvalue weighted by Gasteiger charge is -2.04.